The van der Waals surface area contributed by atoms with Crippen molar-refractivity contribution in [1.82, 2.24) is 35.5 Å². The van der Waals surface area contributed by atoms with E-state index >= 15 is 0 Å². The van der Waals surface area contributed by atoms with Crippen LogP contribution in [-0.4, -0.2) is 42.3 Å². The molecular weight excluding hydrogens is 442 g/mol. The molecule has 1 atom stereocenters. The van der Waals surface area contributed by atoms with Gasteiger partial charge in [-0.1, -0.05) is 6.92 Å². The molecule has 3 heterocycles. The minimum atomic E-state index is -0.139. The smallest absolute Gasteiger partial charge is 0.251 e. The van der Waals surface area contributed by atoms with Gasteiger partial charge >= 0.3 is 0 Å². The summed E-state index contributed by atoms with van der Waals surface area (Å²) >= 11 is 3.31. The molecule has 3 aromatic heterocycles. The molecule has 166 valence electrons. The van der Waals surface area contributed by atoms with E-state index in [1.54, 1.807) is 23.1 Å². The molecule has 1 amide bonds. The van der Waals surface area contributed by atoms with E-state index in [1.165, 1.54) is 6.33 Å². The molecule has 10 heteroatoms. The van der Waals surface area contributed by atoms with Crippen LogP contribution in [0.5, 0.6) is 0 Å². The number of aromatic nitrogens is 6. The van der Waals surface area contributed by atoms with Crippen LogP contribution in [0.1, 0.15) is 46.8 Å². The van der Waals surface area contributed by atoms with Crippen LogP contribution in [-0.2, 0) is 19.4 Å². The number of carbonyl (C=O) groups excluding carboxylic acids is 1. The summed E-state index contributed by atoms with van der Waals surface area (Å²) in [5, 5.41) is 10.5. The first kappa shape index (κ1) is 22.3. The predicted octanol–water partition coefficient (Wildman–Crippen LogP) is 4.06. The van der Waals surface area contributed by atoms with Crippen LogP contribution in [0.2, 0.25) is 0 Å². The molecule has 0 aliphatic rings. The Morgan fingerprint density at radius 1 is 1.19 bits per heavy atom. The van der Waals surface area contributed by atoms with Gasteiger partial charge in [0, 0.05) is 29.3 Å². The summed E-state index contributed by atoms with van der Waals surface area (Å²) in [5.41, 5.74) is 1.56. The average Bonchev–Trinajstić information content (AvgIpc) is 3.49. The third-order valence-corrected chi connectivity index (χ3v) is 6.97. The van der Waals surface area contributed by atoms with E-state index in [2.05, 4.69) is 37.4 Å². The number of nitrogens with zero attached hydrogens (tertiary/aromatic N) is 5. The number of thioether (sulfide) groups is 1. The molecule has 0 fully saturated rings. The van der Waals surface area contributed by atoms with E-state index in [0.717, 1.165) is 51.6 Å². The van der Waals surface area contributed by atoms with Crippen molar-refractivity contribution in [3.63, 3.8) is 0 Å². The highest BCUT2D eigenvalue weighted by Crippen LogP contribution is 2.26. The molecule has 1 aromatic carbocycles. The monoisotopic (exact) mass is 467 g/mol. The van der Waals surface area contributed by atoms with Gasteiger partial charge in [0.25, 0.3) is 5.91 Å². The SMILES string of the molecule is CSc1cnc(CC[C@H](C)CCc2nc3ccc(C(=O)NCc4ncn[nH]4)cc3s2)nc1. The van der Waals surface area contributed by atoms with E-state index in [9.17, 15) is 4.79 Å². The van der Waals surface area contributed by atoms with E-state index in [-0.39, 0.29) is 5.91 Å². The van der Waals surface area contributed by atoms with Gasteiger partial charge in [0.05, 0.1) is 21.8 Å². The Kier molecular flexibility index (Phi) is 7.43. The lowest BCUT2D eigenvalue weighted by Gasteiger charge is -2.09. The number of carbonyl (C=O) groups is 1. The van der Waals surface area contributed by atoms with Gasteiger partial charge in [-0.3, -0.25) is 9.89 Å². The maximum Gasteiger partial charge on any atom is 0.251 e. The molecule has 32 heavy (non-hydrogen) atoms. The second-order valence-corrected chi connectivity index (χ2v) is 9.62. The number of amides is 1. The molecule has 4 rings (SSSR count). The van der Waals surface area contributed by atoms with E-state index in [0.29, 0.717) is 23.9 Å². The molecule has 0 bridgehead atoms. The number of hydrogen-bond acceptors (Lipinski definition) is 8. The van der Waals surface area contributed by atoms with Gasteiger partial charge < -0.3 is 5.32 Å². The Bertz CT molecular complexity index is 1160. The van der Waals surface area contributed by atoms with Crippen molar-refractivity contribution in [2.24, 2.45) is 5.92 Å². The zero-order valence-corrected chi connectivity index (χ0v) is 19.7. The van der Waals surface area contributed by atoms with Gasteiger partial charge in [0.2, 0.25) is 0 Å². The fraction of sp³-hybridized carbons (Fsp3) is 0.364. The fourth-order valence-corrected chi connectivity index (χ4v) is 4.61. The van der Waals surface area contributed by atoms with Crippen LogP contribution in [0.25, 0.3) is 10.2 Å². The van der Waals surface area contributed by atoms with Gasteiger partial charge in [-0.05, 0) is 49.6 Å². The molecule has 0 spiro atoms. The molecule has 8 nitrogen and oxygen atoms in total. The maximum atomic E-state index is 12.4. The first-order chi connectivity index (χ1) is 15.6. The van der Waals surface area contributed by atoms with E-state index in [4.69, 9.17) is 4.98 Å². The number of benzene rings is 1. The van der Waals surface area contributed by atoms with Gasteiger partial charge in [0.15, 0.2) is 0 Å². The van der Waals surface area contributed by atoms with Crippen LogP contribution in [0.3, 0.4) is 0 Å². The van der Waals surface area contributed by atoms with Crippen molar-refractivity contribution in [2.45, 2.75) is 44.0 Å². The highest BCUT2D eigenvalue weighted by atomic mass is 32.2. The molecule has 0 aliphatic carbocycles. The van der Waals surface area contributed by atoms with Gasteiger partial charge in [0.1, 0.15) is 18.0 Å². The second-order valence-electron chi connectivity index (χ2n) is 7.63. The quantitative estimate of drug-likeness (QED) is 0.339. The standard InChI is InChI=1S/C22H25N7OS2/c1-14(3-7-19-23-10-16(31-2)11-24-19)4-8-21-28-17-6-5-15(9-18(17)32-21)22(30)25-12-20-26-13-27-29-20/h5-6,9-11,13-14H,3-4,7-8,12H2,1-2H3,(H,25,30)(H,26,27,29)/t14-/m0/s1. The largest absolute Gasteiger partial charge is 0.345 e. The topological polar surface area (TPSA) is 109 Å². The summed E-state index contributed by atoms with van der Waals surface area (Å²) in [6, 6.07) is 5.63. The lowest BCUT2D eigenvalue weighted by atomic mass is 10.00. The van der Waals surface area contributed by atoms with Crippen molar-refractivity contribution in [1.29, 1.82) is 0 Å². The molecular formula is C22H25N7OS2. The highest BCUT2D eigenvalue weighted by molar-refractivity contribution is 7.98. The van der Waals surface area contributed by atoms with Crippen LogP contribution in [0.4, 0.5) is 0 Å². The summed E-state index contributed by atoms with van der Waals surface area (Å²) in [5.74, 6) is 1.95. The minimum Gasteiger partial charge on any atom is -0.345 e. The van der Waals surface area contributed by atoms with Crippen molar-refractivity contribution >= 4 is 39.2 Å². The number of rotatable bonds is 10. The molecule has 0 saturated carbocycles. The average molecular weight is 468 g/mol. The van der Waals surface area contributed by atoms with Gasteiger partial charge in [-0.25, -0.2) is 19.9 Å². The first-order valence-corrected chi connectivity index (χ1v) is 12.5. The molecule has 0 unspecified atom stereocenters. The molecule has 0 radical (unpaired) electrons. The number of thiazole rings is 1. The third-order valence-electron chi connectivity index (χ3n) is 5.21. The predicted molar refractivity (Wildman–Crippen MR) is 127 cm³/mol. The Labute approximate surface area is 194 Å². The number of aryl methyl sites for hydroxylation is 2. The lowest BCUT2D eigenvalue weighted by molar-refractivity contribution is 0.0950. The summed E-state index contributed by atoms with van der Waals surface area (Å²) in [4.78, 5) is 31.1. The molecule has 4 aromatic rings. The lowest BCUT2D eigenvalue weighted by Crippen LogP contribution is -2.23. The fourth-order valence-electron chi connectivity index (χ4n) is 3.27. The van der Waals surface area contributed by atoms with Crippen molar-refractivity contribution in [2.75, 3.05) is 6.26 Å². The number of nitrogens with one attached hydrogen (secondary N) is 2. The van der Waals surface area contributed by atoms with Crippen LogP contribution in [0, 0.1) is 5.92 Å². The Morgan fingerprint density at radius 2 is 2.00 bits per heavy atom. The highest BCUT2D eigenvalue weighted by Gasteiger charge is 2.12. The number of H-pyrrole nitrogens is 1. The Morgan fingerprint density at radius 3 is 2.75 bits per heavy atom. The Hall–Kier alpha value is -2.85. The molecule has 0 aliphatic heterocycles. The van der Waals surface area contributed by atoms with Gasteiger partial charge in [-0.2, -0.15) is 5.10 Å². The van der Waals surface area contributed by atoms with E-state index in [1.807, 2.05) is 36.8 Å². The third kappa shape index (κ3) is 5.89. The van der Waals surface area contributed by atoms with Crippen LogP contribution >= 0.6 is 23.1 Å². The van der Waals surface area contributed by atoms with Crippen LogP contribution < -0.4 is 5.32 Å². The number of hydrogen-bond donors (Lipinski definition) is 2. The van der Waals surface area contributed by atoms with Gasteiger partial charge in [-0.15, -0.1) is 23.1 Å². The summed E-state index contributed by atoms with van der Waals surface area (Å²) in [7, 11) is 0. The zero-order chi connectivity index (χ0) is 22.3. The van der Waals surface area contributed by atoms with E-state index < -0.39 is 0 Å². The summed E-state index contributed by atoms with van der Waals surface area (Å²) in [6.45, 7) is 2.58. The minimum absolute atomic E-state index is 0.139. The number of fused-ring (bicyclic) bond motifs is 1. The number of aromatic amines is 1. The van der Waals surface area contributed by atoms with Crippen LogP contribution in [0.15, 0.2) is 41.8 Å². The Balaban J connectivity index is 1.28. The molecule has 2 N–H and O–H groups in total. The normalized spacial score (nSPS) is 12.2. The summed E-state index contributed by atoms with van der Waals surface area (Å²) in [6.07, 6.45) is 11.2. The van der Waals surface area contributed by atoms with Crippen molar-refractivity contribution in [3.05, 3.63) is 59.1 Å². The molecule has 0 saturated heterocycles. The second kappa shape index (κ2) is 10.6. The zero-order valence-electron chi connectivity index (χ0n) is 18.0. The van der Waals surface area contributed by atoms with Crippen molar-refractivity contribution in [3.8, 4) is 0 Å². The van der Waals surface area contributed by atoms with Crippen molar-refractivity contribution < 1.29 is 4.79 Å². The first-order valence-electron chi connectivity index (χ1n) is 10.5. The maximum absolute atomic E-state index is 12.4. The summed E-state index contributed by atoms with van der Waals surface area (Å²) < 4.78 is 1.03.